The molecule has 2 heterocycles. The molecular formula is C30H32FN7O4. The molecule has 7 N–H and O–H groups in total. The lowest BCUT2D eigenvalue weighted by molar-refractivity contribution is -0.121. The maximum absolute atomic E-state index is 14.0. The summed E-state index contributed by atoms with van der Waals surface area (Å²) in [6.07, 6.45) is 4.08. The van der Waals surface area contributed by atoms with E-state index in [0.717, 1.165) is 0 Å². The Morgan fingerprint density at radius 3 is 2.55 bits per heavy atom. The van der Waals surface area contributed by atoms with Crippen LogP contribution >= 0.6 is 0 Å². The number of rotatable bonds is 12. The van der Waals surface area contributed by atoms with E-state index in [-0.39, 0.29) is 24.0 Å². The van der Waals surface area contributed by atoms with Crippen LogP contribution in [0, 0.1) is 5.82 Å². The number of carbonyl (C=O) groups is 3. The highest BCUT2D eigenvalue weighted by Gasteiger charge is 2.12. The van der Waals surface area contributed by atoms with E-state index in [0.29, 0.717) is 65.6 Å². The van der Waals surface area contributed by atoms with Gasteiger partial charge < -0.3 is 36.7 Å². The molecule has 11 nitrogen and oxygen atoms in total. The van der Waals surface area contributed by atoms with Gasteiger partial charge >= 0.3 is 6.03 Å². The van der Waals surface area contributed by atoms with Gasteiger partial charge in [-0.3, -0.25) is 14.6 Å². The fourth-order valence-electron chi connectivity index (χ4n) is 3.96. The van der Waals surface area contributed by atoms with Gasteiger partial charge in [-0.15, -0.1) is 0 Å². The maximum Gasteiger partial charge on any atom is 0.323 e. The van der Waals surface area contributed by atoms with E-state index < -0.39 is 11.8 Å². The average molecular weight is 574 g/mol. The topological polar surface area (TPSA) is 163 Å². The molecule has 0 bridgehead atoms. The van der Waals surface area contributed by atoms with Crippen LogP contribution in [0.25, 0.3) is 11.4 Å². The lowest BCUT2D eigenvalue weighted by Crippen LogP contribution is -2.27. The van der Waals surface area contributed by atoms with Crippen molar-refractivity contribution in [3.8, 4) is 22.9 Å². The molecule has 2 aromatic heterocycles. The standard InChI is InChI=1S/C30H32FN7O4/c1-2-33-28(39)4-3-12-35-29(40)20-15-26(36-18-20)27-16-23(11-13-34-27)42-22-8-6-21(7-9-22)37-30(41)38-25-14-19(17-32)5-10-24(25)31/h5-11,13-16,18,36H,2-4,12,17,32H2,1H3,(H,33,39)(H,35,40)(H2,37,38,41). The Kier molecular flexibility index (Phi) is 10.2. The van der Waals surface area contributed by atoms with Crippen molar-refractivity contribution >= 4 is 29.2 Å². The van der Waals surface area contributed by atoms with Gasteiger partial charge in [-0.1, -0.05) is 6.07 Å². The van der Waals surface area contributed by atoms with E-state index in [1.165, 1.54) is 12.1 Å². The highest BCUT2D eigenvalue weighted by Crippen LogP contribution is 2.27. The largest absolute Gasteiger partial charge is 0.457 e. The number of nitrogens with one attached hydrogen (secondary N) is 5. The number of benzene rings is 2. The molecule has 2 aromatic carbocycles. The third kappa shape index (κ3) is 8.38. The summed E-state index contributed by atoms with van der Waals surface area (Å²) in [6, 6.07) is 15.4. The highest BCUT2D eigenvalue weighted by molar-refractivity contribution is 6.00. The van der Waals surface area contributed by atoms with Gasteiger partial charge in [-0.2, -0.15) is 0 Å². The number of halogens is 1. The molecule has 0 saturated heterocycles. The van der Waals surface area contributed by atoms with Crippen molar-refractivity contribution in [2.75, 3.05) is 23.7 Å². The highest BCUT2D eigenvalue weighted by atomic mass is 19.1. The number of aromatic amines is 1. The van der Waals surface area contributed by atoms with Gasteiger partial charge in [-0.25, -0.2) is 9.18 Å². The number of nitrogens with zero attached hydrogens (tertiary/aromatic N) is 1. The second kappa shape index (κ2) is 14.4. The smallest absolute Gasteiger partial charge is 0.323 e. The summed E-state index contributed by atoms with van der Waals surface area (Å²) >= 11 is 0. The summed E-state index contributed by atoms with van der Waals surface area (Å²) in [7, 11) is 0. The summed E-state index contributed by atoms with van der Waals surface area (Å²) in [5.41, 5.74) is 8.43. The van der Waals surface area contributed by atoms with E-state index in [1.807, 2.05) is 6.92 Å². The van der Waals surface area contributed by atoms with Crippen LogP contribution < -0.4 is 31.7 Å². The van der Waals surface area contributed by atoms with Crippen LogP contribution in [0.1, 0.15) is 35.7 Å². The number of anilines is 2. The molecule has 0 saturated carbocycles. The quantitative estimate of drug-likeness (QED) is 0.134. The van der Waals surface area contributed by atoms with Crippen LogP contribution in [0.15, 0.2) is 73.1 Å². The minimum atomic E-state index is -0.603. The van der Waals surface area contributed by atoms with Crippen molar-refractivity contribution in [1.82, 2.24) is 20.6 Å². The zero-order valence-corrected chi connectivity index (χ0v) is 23.0. The van der Waals surface area contributed by atoms with E-state index >= 15 is 0 Å². The number of urea groups is 1. The van der Waals surface area contributed by atoms with Crippen LogP contribution in [0.2, 0.25) is 0 Å². The minimum Gasteiger partial charge on any atom is -0.457 e. The molecule has 42 heavy (non-hydrogen) atoms. The number of nitrogens with two attached hydrogens (primary N) is 1. The molecule has 0 aliphatic rings. The van der Waals surface area contributed by atoms with E-state index in [9.17, 15) is 18.8 Å². The fourth-order valence-corrected chi connectivity index (χ4v) is 3.96. The minimum absolute atomic E-state index is 0.0342. The van der Waals surface area contributed by atoms with E-state index in [2.05, 4.69) is 31.2 Å². The zero-order chi connectivity index (χ0) is 29.9. The molecule has 0 spiro atoms. The number of pyridine rings is 1. The molecule has 4 amide bonds. The monoisotopic (exact) mass is 573 g/mol. The number of ether oxygens (including phenoxy) is 1. The van der Waals surface area contributed by atoms with Gasteiger partial charge in [0, 0.05) is 50.2 Å². The number of amides is 4. The van der Waals surface area contributed by atoms with Crippen molar-refractivity contribution in [2.45, 2.75) is 26.3 Å². The molecule has 0 aliphatic carbocycles. The van der Waals surface area contributed by atoms with Crippen LogP contribution in [0.4, 0.5) is 20.6 Å². The Morgan fingerprint density at radius 1 is 0.976 bits per heavy atom. The average Bonchev–Trinajstić information content (AvgIpc) is 3.48. The van der Waals surface area contributed by atoms with Crippen molar-refractivity contribution in [2.24, 2.45) is 5.73 Å². The molecule has 0 radical (unpaired) electrons. The number of hydrogen-bond donors (Lipinski definition) is 6. The summed E-state index contributed by atoms with van der Waals surface area (Å²) in [4.78, 5) is 43.7. The second-order valence-electron chi connectivity index (χ2n) is 9.22. The van der Waals surface area contributed by atoms with Gasteiger partial charge in [-0.05, 0) is 67.4 Å². The van der Waals surface area contributed by atoms with Gasteiger partial charge in [0.25, 0.3) is 5.91 Å². The van der Waals surface area contributed by atoms with Gasteiger partial charge in [0.2, 0.25) is 5.91 Å². The van der Waals surface area contributed by atoms with Crippen molar-refractivity contribution in [3.05, 3.63) is 90.0 Å². The van der Waals surface area contributed by atoms with Gasteiger partial charge in [0.15, 0.2) is 0 Å². The lowest BCUT2D eigenvalue weighted by atomic mass is 10.2. The maximum atomic E-state index is 14.0. The van der Waals surface area contributed by atoms with Crippen LogP contribution in [0.3, 0.4) is 0 Å². The third-order valence-electron chi connectivity index (χ3n) is 6.06. The fraction of sp³-hybridized carbons (Fsp3) is 0.200. The number of carbonyl (C=O) groups excluding carboxylic acids is 3. The zero-order valence-electron chi connectivity index (χ0n) is 23.0. The molecule has 12 heteroatoms. The number of H-pyrrole nitrogens is 1. The van der Waals surface area contributed by atoms with Gasteiger partial charge in [0.05, 0.1) is 22.6 Å². The van der Waals surface area contributed by atoms with Crippen LogP contribution in [-0.4, -0.2) is 40.9 Å². The van der Waals surface area contributed by atoms with Crippen LogP contribution in [-0.2, 0) is 11.3 Å². The Balaban J connectivity index is 1.30. The summed E-state index contributed by atoms with van der Waals surface area (Å²) in [6.45, 7) is 3.05. The molecule has 0 fully saturated rings. The van der Waals surface area contributed by atoms with E-state index in [4.69, 9.17) is 10.5 Å². The second-order valence-corrected chi connectivity index (χ2v) is 9.22. The molecule has 4 rings (SSSR count). The first-order chi connectivity index (χ1) is 20.3. The predicted octanol–water partition coefficient (Wildman–Crippen LogP) is 4.76. The first kappa shape index (κ1) is 29.7. The van der Waals surface area contributed by atoms with Crippen molar-refractivity contribution in [3.63, 3.8) is 0 Å². The SMILES string of the molecule is CCNC(=O)CCCNC(=O)c1c[nH]c(-c2cc(Oc3ccc(NC(=O)Nc4cc(CN)ccc4F)cc3)ccn2)c1. The Morgan fingerprint density at radius 2 is 1.79 bits per heavy atom. The first-order valence-corrected chi connectivity index (χ1v) is 13.4. The van der Waals surface area contributed by atoms with Crippen molar-refractivity contribution in [1.29, 1.82) is 0 Å². The third-order valence-corrected chi connectivity index (χ3v) is 6.06. The summed E-state index contributed by atoms with van der Waals surface area (Å²) < 4.78 is 19.9. The van der Waals surface area contributed by atoms with Crippen LogP contribution in [0.5, 0.6) is 11.5 Å². The Hall–Kier alpha value is -5.23. The molecule has 0 unspecified atom stereocenters. The van der Waals surface area contributed by atoms with E-state index in [1.54, 1.807) is 60.9 Å². The van der Waals surface area contributed by atoms with Gasteiger partial charge in [0.1, 0.15) is 17.3 Å². The van der Waals surface area contributed by atoms with Crippen molar-refractivity contribution < 1.29 is 23.5 Å². The lowest BCUT2D eigenvalue weighted by Gasteiger charge is -2.11. The Bertz CT molecular complexity index is 1540. The normalized spacial score (nSPS) is 10.5. The summed E-state index contributed by atoms with van der Waals surface area (Å²) in [5.74, 6) is 0.171. The number of aromatic nitrogens is 2. The molecule has 0 atom stereocenters. The first-order valence-electron chi connectivity index (χ1n) is 13.4. The molecule has 4 aromatic rings. The molecule has 218 valence electrons. The predicted molar refractivity (Wildman–Crippen MR) is 158 cm³/mol. The molecule has 0 aliphatic heterocycles. The summed E-state index contributed by atoms with van der Waals surface area (Å²) in [5, 5.41) is 10.7. The molecular weight excluding hydrogens is 541 g/mol. The Labute approximate surface area is 242 Å². The number of hydrogen-bond acceptors (Lipinski definition) is 6.